The minimum Gasteiger partial charge on any atom is -0.376 e. The Balaban J connectivity index is 1.42. The first-order valence-electron chi connectivity index (χ1n) is 11.8. The number of hydrogen-bond acceptors (Lipinski definition) is 6. The van der Waals surface area contributed by atoms with E-state index >= 15 is 0 Å². The van der Waals surface area contributed by atoms with Gasteiger partial charge in [-0.15, -0.1) is 0 Å². The summed E-state index contributed by atoms with van der Waals surface area (Å²) in [7, 11) is -3.58. The van der Waals surface area contributed by atoms with Crippen LogP contribution in [0.15, 0.2) is 53.4 Å². The van der Waals surface area contributed by atoms with Gasteiger partial charge in [-0.2, -0.15) is 4.31 Å². The summed E-state index contributed by atoms with van der Waals surface area (Å²) < 4.78 is 34.7. The van der Waals surface area contributed by atoms with E-state index in [1.165, 1.54) is 11.3 Å². The summed E-state index contributed by atoms with van der Waals surface area (Å²) in [5.74, 6) is -0.204. The number of hydrogen-bond donors (Lipinski definition) is 0. The molecular weight excluding hydrogens is 470 g/mol. The van der Waals surface area contributed by atoms with Crippen LogP contribution in [0.2, 0.25) is 0 Å². The number of carbonyl (C=O) groups excluding carboxylic acids is 1. The molecule has 0 spiro atoms. The lowest BCUT2D eigenvalue weighted by molar-refractivity contribution is 0.0917. The molecule has 0 saturated carbocycles. The van der Waals surface area contributed by atoms with E-state index in [1.54, 1.807) is 33.5 Å². The Labute approximate surface area is 204 Å². The molecule has 2 saturated heterocycles. The molecule has 2 unspecified atom stereocenters. The summed E-state index contributed by atoms with van der Waals surface area (Å²) >= 11 is 1.47. The number of ether oxygens (including phenoxy) is 1. The van der Waals surface area contributed by atoms with Crippen LogP contribution in [-0.2, 0) is 14.8 Å². The van der Waals surface area contributed by atoms with Crippen LogP contribution in [0.1, 0.15) is 49.4 Å². The molecule has 2 atom stereocenters. The van der Waals surface area contributed by atoms with E-state index in [4.69, 9.17) is 9.72 Å². The van der Waals surface area contributed by atoms with Crippen molar-refractivity contribution in [3.8, 4) is 0 Å². The van der Waals surface area contributed by atoms with E-state index < -0.39 is 10.0 Å². The molecule has 34 heavy (non-hydrogen) atoms. The molecular formula is C25H29N3O4S2. The topological polar surface area (TPSA) is 79.8 Å². The predicted molar refractivity (Wildman–Crippen MR) is 134 cm³/mol. The predicted octanol–water partition coefficient (Wildman–Crippen LogP) is 4.69. The van der Waals surface area contributed by atoms with Crippen LogP contribution in [0.25, 0.3) is 10.2 Å². The first-order chi connectivity index (χ1) is 16.4. The van der Waals surface area contributed by atoms with Crippen molar-refractivity contribution in [3.63, 3.8) is 0 Å². The first kappa shape index (κ1) is 23.4. The molecule has 3 aromatic rings. The maximum atomic E-state index is 13.6. The van der Waals surface area contributed by atoms with Crippen molar-refractivity contribution < 1.29 is 17.9 Å². The highest BCUT2D eigenvalue weighted by molar-refractivity contribution is 7.89. The maximum Gasteiger partial charge on any atom is 0.260 e. The molecule has 2 aliphatic heterocycles. The van der Waals surface area contributed by atoms with Gasteiger partial charge in [0.25, 0.3) is 5.91 Å². The quantitative estimate of drug-likeness (QED) is 0.492. The second-order valence-corrected chi connectivity index (χ2v) is 11.9. The van der Waals surface area contributed by atoms with E-state index in [0.29, 0.717) is 30.4 Å². The first-order valence-corrected chi connectivity index (χ1v) is 14.1. The van der Waals surface area contributed by atoms with Gasteiger partial charge in [0.15, 0.2) is 5.13 Å². The number of amides is 1. The summed E-state index contributed by atoms with van der Waals surface area (Å²) in [6.45, 7) is 3.62. The van der Waals surface area contributed by atoms with Crippen molar-refractivity contribution in [2.45, 2.75) is 56.1 Å². The molecule has 9 heteroatoms. The van der Waals surface area contributed by atoms with Gasteiger partial charge < -0.3 is 4.74 Å². The second-order valence-electron chi connectivity index (χ2n) is 9.00. The average Bonchev–Trinajstić information content (AvgIpc) is 3.52. The number of sulfonamides is 1. The number of para-hydroxylation sites is 1. The van der Waals surface area contributed by atoms with Crippen molar-refractivity contribution in [2.75, 3.05) is 24.6 Å². The largest absolute Gasteiger partial charge is 0.376 e. The summed E-state index contributed by atoms with van der Waals surface area (Å²) in [5.41, 5.74) is 1.28. The van der Waals surface area contributed by atoms with E-state index in [-0.39, 0.29) is 22.9 Å². The van der Waals surface area contributed by atoms with Crippen LogP contribution < -0.4 is 4.90 Å². The highest BCUT2D eigenvalue weighted by atomic mass is 32.2. The Morgan fingerprint density at radius 3 is 2.62 bits per heavy atom. The zero-order valence-electron chi connectivity index (χ0n) is 19.2. The monoisotopic (exact) mass is 499 g/mol. The van der Waals surface area contributed by atoms with Crippen LogP contribution in [0.5, 0.6) is 0 Å². The zero-order valence-corrected chi connectivity index (χ0v) is 20.9. The molecule has 1 aromatic heterocycles. The van der Waals surface area contributed by atoms with E-state index in [9.17, 15) is 13.2 Å². The number of fused-ring (bicyclic) bond motifs is 1. The third kappa shape index (κ3) is 4.62. The van der Waals surface area contributed by atoms with Gasteiger partial charge in [-0.3, -0.25) is 9.69 Å². The molecule has 2 aromatic carbocycles. The SMILES string of the molecule is CC1CCCCN1S(=O)(=O)c1ccc(C(=O)N(CC2CCCO2)c2nc3ccccc3s2)cc1. The number of nitrogens with zero attached hydrogens (tertiary/aromatic N) is 3. The lowest BCUT2D eigenvalue weighted by Gasteiger charge is -2.32. The van der Waals surface area contributed by atoms with Gasteiger partial charge in [-0.25, -0.2) is 13.4 Å². The third-order valence-electron chi connectivity index (χ3n) is 6.62. The number of rotatable bonds is 6. The van der Waals surface area contributed by atoms with Gasteiger partial charge in [-0.05, 0) is 69.0 Å². The van der Waals surface area contributed by atoms with Crippen LogP contribution in [0.4, 0.5) is 5.13 Å². The number of piperidine rings is 1. The summed E-state index contributed by atoms with van der Waals surface area (Å²) in [6, 6.07) is 14.1. The Morgan fingerprint density at radius 2 is 1.91 bits per heavy atom. The van der Waals surface area contributed by atoms with Gasteiger partial charge in [0, 0.05) is 24.8 Å². The smallest absolute Gasteiger partial charge is 0.260 e. The van der Waals surface area contributed by atoms with Crippen LogP contribution in [0.3, 0.4) is 0 Å². The lowest BCUT2D eigenvalue weighted by Crippen LogP contribution is -2.42. The Kier molecular flexibility index (Phi) is 6.70. The molecule has 3 heterocycles. The number of aromatic nitrogens is 1. The molecule has 0 bridgehead atoms. The van der Waals surface area contributed by atoms with Gasteiger partial charge in [0.1, 0.15) is 0 Å². The molecule has 2 fully saturated rings. The molecule has 5 rings (SSSR count). The molecule has 0 radical (unpaired) electrons. The van der Waals surface area contributed by atoms with Gasteiger partial charge in [0.05, 0.1) is 27.8 Å². The van der Waals surface area contributed by atoms with Crippen LogP contribution in [-0.4, -0.2) is 55.5 Å². The van der Waals surface area contributed by atoms with Gasteiger partial charge >= 0.3 is 0 Å². The standard InChI is InChI=1S/C25H29N3O4S2/c1-18-7-4-5-15-28(18)34(30,31)21-13-11-19(12-14-21)24(29)27(17-20-8-6-16-32-20)25-26-22-9-2-3-10-23(22)33-25/h2-3,9-14,18,20H,4-8,15-17H2,1H3. The zero-order chi connectivity index (χ0) is 23.7. The van der Waals surface area contributed by atoms with Crippen molar-refractivity contribution in [1.29, 1.82) is 0 Å². The van der Waals surface area contributed by atoms with Crippen molar-refractivity contribution in [1.82, 2.24) is 9.29 Å². The summed E-state index contributed by atoms with van der Waals surface area (Å²) in [5, 5.41) is 0.625. The molecule has 0 aliphatic carbocycles. The molecule has 1 amide bonds. The summed E-state index contributed by atoms with van der Waals surface area (Å²) in [4.78, 5) is 20.2. The normalized spacial score (nSPS) is 21.7. The summed E-state index contributed by atoms with van der Waals surface area (Å²) in [6.07, 6.45) is 4.65. The van der Waals surface area contributed by atoms with Crippen molar-refractivity contribution in [3.05, 3.63) is 54.1 Å². The van der Waals surface area contributed by atoms with E-state index in [2.05, 4.69) is 0 Å². The fourth-order valence-electron chi connectivity index (χ4n) is 4.70. The second kappa shape index (κ2) is 9.73. The third-order valence-corrected chi connectivity index (χ3v) is 9.71. The average molecular weight is 500 g/mol. The number of thiazole rings is 1. The fraction of sp³-hybridized carbons (Fsp3) is 0.440. The van der Waals surface area contributed by atoms with Crippen LogP contribution in [0, 0.1) is 0 Å². The fourth-order valence-corrected chi connectivity index (χ4v) is 7.38. The van der Waals surface area contributed by atoms with Crippen LogP contribution >= 0.6 is 11.3 Å². The lowest BCUT2D eigenvalue weighted by atomic mass is 10.1. The molecule has 7 nitrogen and oxygen atoms in total. The molecule has 180 valence electrons. The van der Waals surface area contributed by atoms with Crippen molar-refractivity contribution in [2.24, 2.45) is 0 Å². The Bertz CT molecular complexity index is 1230. The van der Waals surface area contributed by atoms with Gasteiger partial charge in [0.2, 0.25) is 10.0 Å². The highest BCUT2D eigenvalue weighted by Gasteiger charge is 2.32. The number of carbonyl (C=O) groups is 1. The number of benzene rings is 2. The Hall–Kier alpha value is -2.33. The molecule has 0 N–H and O–H groups in total. The minimum atomic E-state index is -3.58. The molecule has 2 aliphatic rings. The Morgan fingerprint density at radius 1 is 1.12 bits per heavy atom. The highest BCUT2D eigenvalue weighted by Crippen LogP contribution is 2.31. The minimum absolute atomic E-state index is 0.0130. The maximum absolute atomic E-state index is 13.6. The van der Waals surface area contributed by atoms with Gasteiger partial charge in [-0.1, -0.05) is 29.9 Å². The number of anilines is 1. The van der Waals surface area contributed by atoms with E-state index in [1.807, 2.05) is 31.2 Å². The van der Waals surface area contributed by atoms with Crippen molar-refractivity contribution >= 4 is 42.6 Å². The van der Waals surface area contributed by atoms with E-state index in [0.717, 1.165) is 42.3 Å².